The molecule has 174 valence electrons. The first-order valence-electron chi connectivity index (χ1n) is 11.3. The van der Waals surface area contributed by atoms with E-state index in [9.17, 15) is 9.59 Å². The predicted octanol–water partition coefficient (Wildman–Crippen LogP) is 5.18. The van der Waals surface area contributed by atoms with Gasteiger partial charge in [0.25, 0.3) is 0 Å². The average molecular weight is 448 g/mol. The molecule has 3 aromatic rings. The molecule has 3 rings (SSSR count). The lowest BCUT2D eigenvalue weighted by molar-refractivity contribution is -0.146. The molecule has 0 unspecified atom stereocenters. The van der Waals surface area contributed by atoms with E-state index in [1.54, 1.807) is 13.0 Å². The minimum atomic E-state index is -1.10. The Balaban J connectivity index is 1.70. The number of hydrogen-bond acceptors (Lipinski definition) is 5. The van der Waals surface area contributed by atoms with Crippen molar-refractivity contribution in [3.63, 3.8) is 0 Å². The van der Waals surface area contributed by atoms with E-state index in [1.165, 1.54) is 12.7 Å². The van der Waals surface area contributed by atoms with E-state index in [0.29, 0.717) is 18.1 Å². The zero-order valence-electron chi connectivity index (χ0n) is 20.1. The van der Waals surface area contributed by atoms with Crippen LogP contribution in [0.25, 0.3) is 10.8 Å². The molecular formula is C28H33NO4. The fourth-order valence-corrected chi connectivity index (χ4v) is 3.93. The van der Waals surface area contributed by atoms with Crippen LogP contribution >= 0.6 is 0 Å². The van der Waals surface area contributed by atoms with Gasteiger partial charge in [0.05, 0.1) is 13.0 Å². The number of fused-ring (bicyclic) bond motifs is 1. The zero-order valence-corrected chi connectivity index (χ0v) is 20.1. The topological polar surface area (TPSA) is 78.6 Å². The van der Waals surface area contributed by atoms with Crippen LogP contribution in [0.4, 0.5) is 0 Å². The summed E-state index contributed by atoms with van der Waals surface area (Å²) < 4.78 is 10.5. The maximum Gasteiger partial charge on any atom is 0.325 e. The van der Waals surface area contributed by atoms with E-state index in [4.69, 9.17) is 15.2 Å². The van der Waals surface area contributed by atoms with Gasteiger partial charge in [0, 0.05) is 6.42 Å². The molecule has 0 amide bonds. The molecule has 0 bridgehead atoms. The van der Waals surface area contributed by atoms with Gasteiger partial charge in [-0.2, -0.15) is 0 Å². The number of hydrogen-bond donors (Lipinski definition) is 1. The van der Waals surface area contributed by atoms with Crippen molar-refractivity contribution in [1.29, 1.82) is 0 Å². The number of esters is 2. The molecule has 0 spiro atoms. The molecule has 0 heterocycles. The first-order valence-corrected chi connectivity index (χ1v) is 11.3. The Morgan fingerprint density at radius 3 is 2.15 bits per heavy atom. The summed E-state index contributed by atoms with van der Waals surface area (Å²) >= 11 is 0. The molecule has 5 nitrogen and oxygen atoms in total. The Morgan fingerprint density at radius 1 is 0.909 bits per heavy atom. The largest absolute Gasteiger partial charge is 0.468 e. The lowest BCUT2D eigenvalue weighted by Crippen LogP contribution is -2.47. The predicted molar refractivity (Wildman–Crippen MR) is 131 cm³/mol. The van der Waals surface area contributed by atoms with Crippen LogP contribution in [0, 0.1) is 5.92 Å². The Kier molecular flexibility index (Phi) is 7.54. The van der Waals surface area contributed by atoms with Gasteiger partial charge >= 0.3 is 11.9 Å². The van der Waals surface area contributed by atoms with Gasteiger partial charge in [-0.3, -0.25) is 9.59 Å². The van der Waals surface area contributed by atoms with Crippen molar-refractivity contribution >= 4 is 22.7 Å². The minimum Gasteiger partial charge on any atom is -0.468 e. The van der Waals surface area contributed by atoms with Crippen molar-refractivity contribution in [2.24, 2.45) is 11.7 Å². The van der Waals surface area contributed by atoms with Crippen LogP contribution in [0.5, 0.6) is 5.75 Å². The van der Waals surface area contributed by atoms with Gasteiger partial charge in [0.1, 0.15) is 11.3 Å². The van der Waals surface area contributed by atoms with Crippen LogP contribution in [0.1, 0.15) is 50.3 Å². The molecular weight excluding hydrogens is 414 g/mol. The third-order valence-electron chi connectivity index (χ3n) is 5.79. The van der Waals surface area contributed by atoms with Gasteiger partial charge in [-0.1, -0.05) is 62.4 Å². The standard InChI is InChI=1S/C28H33NO4/c1-18(2)14-20-6-9-22(10-7-20)19(3)26(30)33-25-13-12-23-15-21(8-11-24(23)16-25)17-28(4,29)27(31)32-5/h6-13,15-16,18-19H,14,17,29H2,1-5H3/t19-,28+/m0/s1. The molecule has 0 radical (unpaired) electrons. The maximum absolute atomic E-state index is 12.7. The van der Waals surface area contributed by atoms with E-state index < -0.39 is 11.5 Å². The first-order chi connectivity index (χ1) is 15.6. The van der Waals surface area contributed by atoms with E-state index in [0.717, 1.165) is 28.3 Å². The minimum absolute atomic E-state index is 0.292. The second kappa shape index (κ2) is 10.2. The van der Waals surface area contributed by atoms with Crippen molar-refractivity contribution in [1.82, 2.24) is 0 Å². The molecule has 5 heteroatoms. The summed E-state index contributed by atoms with van der Waals surface area (Å²) in [6.45, 7) is 7.90. The lowest BCUT2D eigenvalue weighted by atomic mass is 9.93. The Morgan fingerprint density at radius 2 is 1.52 bits per heavy atom. The molecule has 0 aliphatic carbocycles. The smallest absolute Gasteiger partial charge is 0.325 e. The second-order valence-corrected chi connectivity index (χ2v) is 9.41. The summed E-state index contributed by atoms with van der Waals surface area (Å²) in [6, 6.07) is 19.5. The van der Waals surface area contributed by atoms with E-state index >= 15 is 0 Å². The number of benzene rings is 3. The van der Waals surface area contributed by atoms with Crippen LogP contribution in [0.2, 0.25) is 0 Å². The third kappa shape index (κ3) is 6.20. The summed E-state index contributed by atoms with van der Waals surface area (Å²) in [5, 5.41) is 1.91. The summed E-state index contributed by atoms with van der Waals surface area (Å²) in [6.07, 6.45) is 1.38. The summed E-state index contributed by atoms with van der Waals surface area (Å²) in [4.78, 5) is 24.6. The molecule has 0 aromatic heterocycles. The van der Waals surface area contributed by atoms with Crippen molar-refractivity contribution < 1.29 is 19.1 Å². The maximum atomic E-state index is 12.7. The zero-order chi connectivity index (χ0) is 24.2. The van der Waals surface area contributed by atoms with Gasteiger partial charge in [-0.15, -0.1) is 0 Å². The molecule has 0 aliphatic heterocycles. The van der Waals surface area contributed by atoms with E-state index in [1.807, 2.05) is 49.4 Å². The van der Waals surface area contributed by atoms with Crippen molar-refractivity contribution in [2.45, 2.75) is 52.0 Å². The summed E-state index contributed by atoms with van der Waals surface area (Å²) in [5.41, 5.74) is 8.14. The fraction of sp³-hybridized carbons (Fsp3) is 0.357. The number of ether oxygens (including phenoxy) is 2. The number of rotatable bonds is 8. The van der Waals surface area contributed by atoms with Crippen molar-refractivity contribution in [3.05, 3.63) is 77.4 Å². The van der Waals surface area contributed by atoms with Crippen LogP contribution in [-0.4, -0.2) is 24.6 Å². The number of nitrogens with two attached hydrogens (primary N) is 1. The second-order valence-electron chi connectivity index (χ2n) is 9.41. The van der Waals surface area contributed by atoms with Crippen molar-refractivity contribution in [3.8, 4) is 5.75 Å². The van der Waals surface area contributed by atoms with E-state index in [2.05, 4.69) is 26.0 Å². The highest BCUT2D eigenvalue weighted by Gasteiger charge is 2.29. The summed E-state index contributed by atoms with van der Waals surface area (Å²) in [5.74, 6) is -0.0125. The van der Waals surface area contributed by atoms with Crippen LogP contribution in [-0.2, 0) is 27.2 Å². The summed E-state index contributed by atoms with van der Waals surface area (Å²) in [7, 11) is 1.33. The Bertz CT molecular complexity index is 1130. The van der Waals surface area contributed by atoms with Crippen LogP contribution < -0.4 is 10.5 Å². The highest BCUT2D eigenvalue weighted by molar-refractivity contribution is 5.87. The highest BCUT2D eigenvalue weighted by Crippen LogP contribution is 2.26. The molecule has 33 heavy (non-hydrogen) atoms. The average Bonchev–Trinajstić information content (AvgIpc) is 2.77. The van der Waals surface area contributed by atoms with Gasteiger partial charge in [-0.05, 0) is 65.8 Å². The van der Waals surface area contributed by atoms with Crippen molar-refractivity contribution in [2.75, 3.05) is 7.11 Å². The molecule has 3 aromatic carbocycles. The van der Waals surface area contributed by atoms with Gasteiger partial charge in [-0.25, -0.2) is 0 Å². The van der Waals surface area contributed by atoms with Gasteiger partial charge in [0.15, 0.2) is 0 Å². The number of methoxy groups -OCH3 is 1. The molecule has 2 atom stereocenters. The molecule has 0 saturated carbocycles. The Hall–Kier alpha value is -3.18. The highest BCUT2D eigenvalue weighted by atomic mass is 16.5. The molecule has 0 aliphatic rings. The van der Waals surface area contributed by atoms with Crippen LogP contribution in [0.3, 0.4) is 0 Å². The van der Waals surface area contributed by atoms with Gasteiger partial charge in [0.2, 0.25) is 0 Å². The van der Waals surface area contributed by atoms with E-state index in [-0.39, 0.29) is 11.9 Å². The molecule has 0 saturated heterocycles. The molecule has 0 fully saturated rings. The first kappa shape index (κ1) is 24.5. The fourth-order valence-electron chi connectivity index (χ4n) is 3.93. The third-order valence-corrected chi connectivity index (χ3v) is 5.79. The quantitative estimate of drug-likeness (QED) is 0.380. The number of carbonyl (C=O) groups is 2. The SMILES string of the molecule is COC(=O)[C@](C)(N)Cc1ccc2cc(OC(=O)[C@@H](C)c3ccc(CC(C)C)cc3)ccc2c1. The monoisotopic (exact) mass is 447 g/mol. The Labute approximate surface area is 195 Å². The van der Waals surface area contributed by atoms with Crippen LogP contribution in [0.15, 0.2) is 60.7 Å². The van der Waals surface area contributed by atoms with Gasteiger partial charge < -0.3 is 15.2 Å². The lowest BCUT2D eigenvalue weighted by Gasteiger charge is -2.21. The molecule has 2 N–H and O–H groups in total. The normalized spacial score (nSPS) is 14.0. The number of carbonyl (C=O) groups excluding carboxylic acids is 2.